The summed E-state index contributed by atoms with van der Waals surface area (Å²) in [5.41, 5.74) is 1.68. The van der Waals surface area contributed by atoms with E-state index in [0.29, 0.717) is 50.5 Å². The van der Waals surface area contributed by atoms with Gasteiger partial charge in [0.15, 0.2) is 11.5 Å². The third-order valence-electron chi connectivity index (χ3n) is 9.62. The Morgan fingerprint density at radius 1 is 1.14 bits per heavy atom. The SMILES string of the molecule is COc1cc(C=O)cc(I)c1O[C@H]1C=C(C(=O)NCCO)C[C@@H](N(CC23CC4CC(CC(C4)C2)C3)C(=O)C=C(C)C)[C@@H]1O. The van der Waals surface area contributed by atoms with E-state index in [-0.39, 0.29) is 36.8 Å². The smallest absolute Gasteiger partial charge is 0.247 e. The van der Waals surface area contributed by atoms with Gasteiger partial charge in [-0.2, -0.15) is 0 Å². The van der Waals surface area contributed by atoms with Gasteiger partial charge in [-0.1, -0.05) is 5.57 Å². The van der Waals surface area contributed by atoms with E-state index in [1.54, 1.807) is 24.3 Å². The summed E-state index contributed by atoms with van der Waals surface area (Å²) in [6, 6.07) is 2.51. The number of rotatable bonds is 11. The lowest BCUT2D eigenvalue weighted by Crippen LogP contribution is -2.59. The van der Waals surface area contributed by atoms with Gasteiger partial charge in [0, 0.05) is 36.7 Å². The minimum absolute atomic E-state index is 0.0136. The van der Waals surface area contributed by atoms with Crippen molar-refractivity contribution in [1.82, 2.24) is 10.2 Å². The molecule has 4 fully saturated rings. The van der Waals surface area contributed by atoms with Gasteiger partial charge < -0.3 is 29.9 Å². The monoisotopic (exact) mass is 706 g/mol. The molecule has 0 saturated heterocycles. The van der Waals surface area contributed by atoms with Crippen molar-refractivity contribution in [3.8, 4) is 11.5 Å². The van der Waals surface area contributed by atoms with Crippen LogP contribution in [0.15, 0.2) is 35.4 Å². The molecular formula is C33H43IN2O7. The summed E-state index contributed by atoms with van der Waals surface area (Å²) in [5, 5.41) is 24.0. The zero-order valence-electron chi connectivity index (χ0n) is 25.2. The van der Waals surface area contributed by atoms with Crippen LogP contribution < -0.4 is 14.8 Å². The number of carbonyl (C=O) groups is 3. The highest BCUT2D eigenvalue weighted by atomic mass is 127. The Kier molecular flexibility index (Phi) is 9.87. The van der Waals surface area contributed by atoms with Crippen LogP contribution in [-0.2, 0) is 9.59 Å². The van der Waals surface area contributed by atoms with Crippen molar-refractivity contribution in [1.29, 1.82) is 0 Å². The third-order valence-corrected chi connectivity index (χ3v) is 10.4. The van der Waals surface area contributed by atoms with Gasteiger partial charge in [-0.25, -0.2) is 0 Å². The van der Waals surface area contributed by atoms with Crippen molar-refractivity contribution in [2.24, 2.45) is 23.2 Å². The highest BCUT2D eigenvalue weighted by molar-refractivity contribution is 14.1. The van der Waals surface area contributed by atoms with Gasteiger partial charge in [0.25, 0.3) is 0 Å². The number of aldehydes is 1. The number of nitrogens with zero attached hydrogens (tertiary/aromatic N) is 1. The van der Waals surface area contributed by atoms with Crippen molar-refractivity contribution < 1.29 is 34.1 Å². The maximum absolute atomic E-state index is 14.0. The molecule has 3 N–H and O–H groups in total. The van der Waals surface area contributed by atoms with Crippen molar-refractivity contribution in [2.75, 3.05) is 26.8 Å². The summed E-state index contributed by atoms with van der Waals surface area (Å²) >= 11 is 2.05. The first-order valence-electron chi connectivity index (χ1n) is 15.3. The van der Waals surface area contributed by atoms with Gasteiger partial charge in [-0.05, 0) is 116 Å². The number of halogens is 1. The summed E-state index contributed by atoms with van der Waals surface area (Å²) in [6.07, 6.45) is 9.13. The number of hydrogen-bond acceptors (Lipinski definition) is 7. The van der Waals surface area contributed by atoms with Gasteiger partial charge in [-0.15, -0.1) is 0 Å². The number of aliphatic hydroxyl groups is 2. The summed E-state index contributed by atoms with van der Waals surface area (Å²) in [6.45, 7) is 4.18. The Labute approximate surface area is 267 Å². The van der Waals surface area contributed by atoms with Crippen LogP contribution in [0.2, 0.25) is 0 Å². The van der Waals surface area contributed by atoms with E-state index in [2.05, 4.69) is 27.9 Å². The summed E-state index contributed by atoms with van der Waals surface area (Å²) in [7, 11) is 1.47. The van der Waals surface area contributed by atoms with Crippen molar-refractivity contribution in [3.63, 3.8) is 0 Å². The van der Waals surface area contributed by atoms with Crippen LogP contribution in [0.3, 0.4) is 0 Å². The molecule has 234 valence electrons. The Balaban J connectivity index is 1.51. The molecule has 5 aliphatic rings. The van der Waals surface area contributed by atoms with Gasteiger partial charge >= 0.3 is 0 Å². The van der Waals surface area contributed by atoms with E-state index in [0.717, 1.165) is 31.1 Å². The number of ether oxygens (including phenoxy) is 2. The van der Waals surface area contributed by atoms with E-state index < -0.39 is 18.2 Å². The van der Waals surface area contributed by atoms with E-state index in [1.165, 1.54) is 26.4 Å². The van der Waals surface area contributed by atoms with Crippen LogP contribution in [0.1, 0.15) is 69.2 Å². The Morgan fingerprint density at radius 2 is 1.79 bits per heavy atom. The predicted molar refractivity (Wildman–Crippen MR) is 170 cm³/mol. The highest BCUT2D eigenvalue weighted by Crippen LogP contribution is 2.60. The van der Waals surface area contributed by atoms with Crippen LogP contribution in [0.5, 0.6) is 11.5 Å². The van der Waals surface area contributed by atoms with Crippen molar-refractivity contribution in [3.05, 3.63) is 44.6 Å². The molecule has 0 radical (unpaired) electrons. The fourth-order valence-electron chi connectivity index (χ4n) is 8.37. The number of allylic oxidation sites excluding steroid dienone is 1. The quantitative estimate of drug-likeness (QED) is 0.180. The number of amides is 2. The third kappa shape index (κ3) is 6.96. The van der Waals surface area contributed by atoms with Crippen LogP contribution >= 0.6 is 22.6 Å². The number of carbonyl (C=O) groups excluding carboxylic acids is 3. The molecule has 1 aromatic carbocycles. The van der Waals surface area contributed by atoms with Crippen LogP contribution in [0, 0.1) is 26.7 Å². The first kappa shape index (κ1) is 32.0. The van der Waals surface area contributed by atoms with E-state index in [4.69, 9.17) is 9.47 Å². The van der Waals surface area contributed by atoms with E-state index in [9.17, 15) is 24.6 Å². The second-order valence-corrected chi connectivity index (χ2v) is 14.4. The molecule has 0 unspecified atom stereocenters. The lowest BCUT2D eigenvalue weighted by Gasteiger charge is -2.58. The number of methoxy groups -OCH3 is 1. The van der Waals surface area contributed by atoms with Crippen LogP contribution in [0.25, 0.3) is 0 Å². The zero-order valence-corrected chi connectivity index (χ0v) is 27.3. The second kappa shape index (κ2) is 13.3. The Bertz CT molecular complexity index is 1270. The molecule has 0 aromatic heterocycles. The van der Waals surface area contributed by atoms with Crippen molar-refractivity contribution >= 4 is 40.7 Å². The molecule has 9 nitrogen and oxygen atoms in total. The lowest BCUT2D eigenvalue weighted by atomic mass is 9.49. The minimum Gasteiger partial charge on any atom is -0.493 e. The van der Waals surface area contributed by atoms with Crippen LogP contribution in [0.4, 0.5) is 0 Å². The summed E-state index contributed by atoms with van der Waals surface area (Å²) in [4.78, 5) is 40.5. The topological polar surface area (TPSA) is 125 Å². The first-order valence-corrected chi connectivity index (χ1v) is 16.3. The Hall–Kier alpha value is -2.44. The number of benzene rings is 1. The molecule has 1 aromatic rings. The molecule has 10 heteroatoms. The predicted octanol–water partition coefficient (Wildman–Crippen LogP) is 4.04. The molecule has 2 amide bonds. The Morgan fingerprint density at radius 3 is 2.35 bits per heavy atom. The van der Waals surface area contributed by atoms with Crippen LogP contribution in [-0.4, -0.2) is 78.3 Å². The van der Waals surface area contributed by atoms with Gasteiger partial charge in [-0.3, -0.25) is 14.4 Å². The molecule has 0 aliphatic heterocycles. The maximum Gasteiger partial charge on any atom is 0.247 e. The number of aliphatic hydroxyl groups excluding tert-OH is 2. The number of hydrogen-bond donors (Lipinski definition) is 3. The normalized spacial score (nSPS) is 30.7. The minimum atomic E-state index is -1.14. The van der Waals surface area contributed by atoms with E-state index >= 15 is 0 Å². The van der Waals surface area contributed by atoms with E-state index in [1.807, 2.05) is 18.7 Å². The average Bonchev–Trinajstić information content (AvgIpc) is 2.95. The molecule has 43 heavy (non-hydrogen) atoms. The molecule has 4 bridgehead atoms. The standard InChI is InChI=1S/C33H43IN2O7/c1-19(2)6-29(39)36(18-33-14-20-7-21(15-33)9-22(8-20)16-33)26-12-24(32(41)35-4-5-37)13-27(30(26)40)43-31-25(34)10-23(17-38)11-28(31)42-3/h6,10-11,13,17,20-22,26-27,30,37,40H,4-5,7-9,12,14-16,18H2,1-3H3,(H,35,41)/t20?,21?,22?,26-,27+,30+,33?/m1/s1. The summed E-state index contributed by atoms with van der Waals surface area (Å²) < 4.78 is 12.5. The molecule has 6 rings (SSSR count). The fourth-order valence-corrected chi connectivity index (χ4v) is 9.12. The largest absolute Gasteiger partial charge is 0.493 e. The van der Waals surface area contributed by atoms with Gasteiger partial charge in [0.05, 0.1) is 23.3 Å². The molecular weight excluding hydrogens is 663 g/mol. The molecule has 5 aliphatic carbocycles. The highest BCUT2D eigenvalue weighted by Gasteiger charge is 2.53. The number of nitrogens with one attached hydrogen (secondary N) is 1. The average molecular weight is 707 g/mol. The molecule has 0 spiro atoms. The molecule has 4 saturated carbocycles. The first-order chi connectivity index (χ1) is 20.5. The fraction of sp³-hybridized carbons (Fsp3) is 0.606. The second-order valence-electron chi connectivity index (χ2n) is 13.3. The maximum atomic E-state index is 14.0. The van der Waals surface area contributed by atoms with Gasteiger partial charge in [0.2, 0.25) is 11.8 Å². The van der Waals surface area contributed by atoms with Gasteiger partial charge in [0.1, 0.15) is 18.5 Å². The van der Waals surface area contributed by atoms with Crippen molar-refractivity contribution in [2.45, 2.75) is 77.0 Å². The lowest BCUT2D eigenvalue weighted by molar-refractivity contribution is -0.142. The molecule has 0 heterocycles. The summed E-state index contributed by atoms with van der Waals surface area (Å²) in [5.74, 6) is 2.22. The zero-order chi connectivity index (χ0) is 30.9. The molecule has 3 atom stereocenters.